The predicted octanol–water partition coefficient (Wildman–Crippen LogP) is 3.41. The highest BCUT2D eigenvalue weighted by Gasteiger charge is 2.66. The Morgan fingerprint density at radius 3 is 3.10 bits per heavy atom. The number of fused-ring (bicyclic) bond motifs is 7. The fourth-order valence-corrected chi connectivity index (χ4v) is 6.03. The number of aliphatic hydroxyl groups excluding tert-OH is 1. The molecule has 1 aromatic carbocycles. The molecule has 0 radical (unpaired) electrons. The number of hydrogen-bond acceptors (Lipinski definition) is 2. The summed E-state index contributed by atoms with van der Waals surface area (Å²) in [7, 11) is 0. The largest absolute Gasteiger partial charge is 0.392 e. The van der Waals surface area contributed by atoms with Crippen molar-refractivity contribution in [3.8, 4) is 0 Å². The second-order valence-corrected chi connectivity index (χ2v) is 7.98. The van der Waals surface area contributed by atoms with E-state index in [9.17, 15) is 5.11 Å². The molecule has 21 heavy (non-hydrogen) atoms. The number of rotatable bonds is 1. The quantitative estimate of drug-likeness (QED) is 0.802. The third-order valence-corrected chi connectivity index (χ3v) is 7.13. The van der Waals surface area contributed by atoms with Gasteiger partial charge in [0.05, 0.1) is 18.8 Å². The highest BCUT2D eigenvalue weighted by molar-refractivity contribution is 5.38. The van der Waals surface area contributed by atoms with Crippen LogP contribution >= 0.6 is 0 Å². The average molecular weight is 284 g/mol. The molecule has 2 saturated carbocycles. The number of aliphatic hydroxyl groups is 1. The maximum absolute atomic E-state index is 9.35. The molecule has 3 unspecified atom stereocenters. The summed E-state index contributed by atoms with van der Waals surface area (Å²) in [5.41, 5.74) is 4.63. The Balaban J connectivity index is 1.51. The molecule has 1 heterocycles. The van der Waals surface area contributed by atoms with E-state index in [1.807, 2.05) is 0 Å². The molecule has 0 amide bonds. The molecule has 2 heteroatoms. The summed E-state index contributed by atoms with van der Waals surface area (Å²) in [5, 5.41) is 9.35. The van der Waals surface area contributed by atoms with Crippen LogP contribution in [0.4, 0.5) is 0 Å². The smallest absolute Gasteiger partial charge is 0.0898 e. The third-order valence-electron chi connectivity index (χ3n) is 7.13. The summed E-state index contributed by atoms with van der Waals surface area (Å²) in [6.45, 7) is 2.67. The lowest BCUT2D eigenvalue weighted by Crippen LogP contribution is -2.42. The van der Waals surface area contributed by atoms with Gasteiger partial charge in [-0.3, -0.25) is 0 Å². The molecule has 112 valence electrons. The number of benzene rings is 1. The van der Waals surface area contributed by atoms with Crippen LogP contribution in [0.2, 0.25) is 0 Å². The van der Waals surface area contributed by atoms with Crippen molar-refractivity contribution >= 4 is 0 Å². The van der Waals surface area contributed by atoms with Crippen LogP contribution in [0.25, 0.3) is 0 Å². The fourth-order valence-electron chi connectivity index (χ4n) is 6.03. The number of ether oxygens (including phenoxy) is 1. The SMILES string of the molecule is C[C@]12CCC3c4ccc(CO)cc4CCC3C1C[C@@H]1O[C@@H]12. The van der Waals surface area contributed by atoms with E-state index in [0.29, 0.717) is 17.6 Å². The third kappa shape index (κ3) is 1.61. The maximum Gasteiger partial charge on any atom is 0.0898 e. The van der Waals surface area contributed by atoms with E-state index < -0.39 is 0 Å². The summed E-state index contributed by atoms with van der Waals surface area (Å²) >= 11 is 0. The Morgan fingerprint density at radius 1 is 1.33 bits per heavy atom. The van der Waals surface area contributed by atoms with E-state index >= 15 is 0 Å². The Labute approximate surface area is 126 Å². The zero-order valence-corrected chi connectivity index (χ0v) is 12.7. The lowest BCUT2D eigenvalue weighted by atomic mass is 9.55. The first kappa shape index (κ1) is 12.7. The van der Waals surface area contributed by atoms with Gasteiger partial charge in [0.15, 0.2) is 0 Å². The van der Waals surface area contributed by atoms with Gasteiger partial charge in [-0.25, -0.2) is 0 Å². The van der Waals surface area contributed by atoms with Crippen molar-refractivity contribution in [3.05, 3.63) is 34.9 Å². The molecule has 2 nitrogen and oxygen atoms in total. The van der Waals surface area contributed by atoms with Crippen LogP contribution in [0.15, 0.2) is 18.2 Å². The summed E-state index contributed by atoms with van der Waals surface area (Å²) in [6.07, 6.45) is 7.70. The van der Waals surface area contributed by atoms with Crippen molar-refractivity contribution in [1.29, 1.82) is 0 Å². The minimum atomic E-state index is 0.169. The average Bonchev–Trinajstić information content (AvgIpc) is 3.23. The predicted molar refractivity (Wildman–Crippen MR) is 81.0 cm³/mol. The van der Waals surface area contributed by atoms with Crippen molar-refractivity contribution in [1.82, 2.24) is 0 Å². The van der Waals surface area contributed by atoms with Crippen LogP contribution in [-0.4, -0.2) is 17.3 Å². The first-order chi connectivity index (χ1) is 10.2. The van der Waals surface area contributed by atoms with E-state index in [-0.39, 0.29) is 6.61 Å². The van der Waals surface area contributed by atoms with Gasteiger partial charge in [-0.05, 0) is 72.0 Å². The lowest BCUT2D eigenvalue weighted by molar-refractivity contribution is 0.00419. The lowest BCUT2D eigenvalue weighted by Gasteiger charge is -2.50. The van der Waals surface area contributed by atoms with E-state index in [2.05, 4.69) is 25.1 Å². The minimum Gasteiger partial charge on any atom is -0.392 e. The first-order valence-electron chi connectivity index (χ1n) is 8.59. The molecule has 1 N–H and O–H groups in total. The minimum absolute atomic E-state index is 0.169. The first-order valence-corrected chi connectivity index (χ1v) is 8.59. The molecule has 0 aromatic heterocycles. The van der Waals surface area contributed by atoms with Crippen LogP contribution in [0.5, 0.6) is 0 Å². The molecule has 5 rings (SSSR count). The van der Waals surface area contributed by atoms with Gasteiger partial charge in [-0.15, -0.1) is 0 Å². The molecular weight excluding hydrogens is 260 g/mol. The van der Waals surface area contributed by atoms with E-state index in [1.54, 1.807) is 5.56 Å². The maximum atomic E-state index is 9.35. The molecule has 1 aromatic rings. The summed E-state index contributed by atoms with van der Waals surface area (Å²) in [4.78, 5) is 0. The monoisotopic (exact) mass is 284 g/mol. The molecular formula is C19H24O2. The van der Waals surface area contributed by atoms with Crippen molar-refractivity contribution in [2.45, 2.75) is 63.8 Å². The van der Waals surface area contributed by atoms with Gasteiger partial charge in [-0.2, -0.15) is 0 Å². The Morgan fingerprint density at radius 2 is 2.24 bits per heavy atom. The molecule has 0 bridgehead atoms. The van der Waals surface area contributed by atoms with Crippen LogP contribution in [0, 0.1) is 17.3 Å². The van der Waals surface area contributed by atoms with Gasteiger partial charge >= 0.3 is 0 Å². The van der Waals surface area contributed by atoms with Crippen molar-refractivity contribution < 1.29 is 9.84 Å². The molecule has 3 aliphatic carbocycles. The Hall–Kier alpha value is -0.860. The molecule has 6 atom stereocenters. The number of hydrogen-bond donors (Lipinski definition) is 1. The van der Waals surface area contributed by atoms with Gasteiger partial charge in [-0.1, -0.05) is 25.1 Å². The summed E-state index contributed by atoms with van der Waals surface area (Å²) in [6, 6.07) is 6.69. The van der Waals surface area contributed by atoms with Crippen LogP contribution in [0.1, 0.15) is 55.2 Å². The summed E-state index contributed by atoms with van der Waals surface area (Å²) < 4.78 is 5.88. The molecule has 4 aliphatic rings. The van der Waals surface area contributed by atoms with Gasteiger partial charge in [0.25, 0.3) is 0 Å². The Bertz CT molecular complexity index is 595. The second-order valence-electron chi connectivity index (χ2n) is 7.98. The number of epoxide rings is 1. The van der Waals surface area contributed by atoms with Gasteiger partial charge in [0, 0.05) is 0 Å². The molecule has 0 spiro atoms. The normalized spacial score (nSPS) is 46.3. The highest BCUT2D eigenvalue weighted by Crippen LogP contribution is 2.66. The molecule has 1 saturated heterocycles. The highest BCUT2D eigenvalue weighted by atomic mass is 16.6. The van der Waals surface area contributed by atoms with Crippen molar-refractivity contribution in [3.63, 3.8) is 0 Å². The zero-order valence-electron chi connectivity index (χ0n) is 12.7. The van der Waals surface area contributed by atoms with Crippen LogP contribution in [0.3, 0.4) is 0 Å². The van der Waals surface area contributed by atoms with E-state index in [0.717, 1.165) is 23.3 Å². The molecule has 3 fully saturated rings. The topological polar surface area (TPSA) is 32.8 Å². The second kappa shape index (κ2) is 4.11. The van der Waals surface area contributed by atoms with Crippen LogP contribution < -0.4 is 0 Å². The zero-order chi connectivity index (χ0) is 14.2. The molecule has 1 aliphatic heterocycles. The number of aryl methyl sites for hydroxylation is 1. The standard InChI is InChI=1S/C19H24O2/c1-19-7-6-14-13-4-2-11(10-20)8-12(13)3-5-15(14)16(19)9-17-18(19)21-17/h2,4,8,14-18,20H,3,5-7,9-10H2,1H3/t14?,15?,16?,17-,18-,19-/m0/s1. The van der Waals surface area contributed by atoms with E-state index in [4.69, 9.17) is 4.74 Å². The van der Waals surface area contributed by atoms with Crippen molar-refractivity contribution in [2.24, 2.45) is 17.3 Å². The van der Waals surface area contributed by atoms with Crippen LogP contribution in [-0.2, 0) is 17.8 Å². The van der Waals surface area contributed by atoms with Gasteiger partial charge < -0.3 is 9.84 Å². The van der Waals surface area contributed by atoms with E-state index in [1.165, 1.54) is 37.7 Å². The van der Waals surface area contributed by atoms with Crippen molar-refractivity contribution in [2.75, 3.05) is 0 Å². The summed E-state index contributed by atoms with van der Waals surface area (Å²) in [5.74, 6) is 2.51. The Kier molecular flexibility index (Phi) is 2.48. The fraction of sp³-hybridized carbons (Fsp3) is 0.684. The van der Waals surface area contributed by atoms with Gasteiger partial charge in [0.2, 0.25) is 0 Å². The van der Waals surface area contributed by atoms with Gasteiger partial charge in [0.1, 0.15) is 0 Å².